The first-order chi connectivity index (χ1) is 9.99. The molecular formula is C14H21NO6. The molecule has 0 bridgehead atoms. The van der Waals surface area contributed by atoms with Gasteiger partial charge < -0.3 is 9.47 Å². The molecule has 0 aromatic heterocycles. The maximum Gasteiger partial charge on any atom is 0.306 e. The third-order valence-corrected chi connectivity index (χ3v) is 3.02. The van der Waals surface area contributed by atoms with Crippen LogP contribution < -0.4 is 5.32 Å². The molecule has 1 saturated heterocycles. The van der Waals surface area contributed by atoms with E-state index in [9.17, 15) is 19.2 Å². The second kappa shape index (κ2) is 8.39. The van der Waals surface area contributed by atoms with E-state index in [4.69, 9.17) is 9.47 Å². The van der Waals surface area contributed by atoms with Gasteiger partial charge in [0.05, 0.1) is 0 Å². The fraction of sp³-hybridized carbons (Fsp3) is 0.714. The fourth-order valence-electron chi connectivity index (χ4n) is 1.81. The van der Waals surface area contributed by atoms with Crippen molar-refractivity contribution in [2.24, 2.45) is 0 Å². The maximum absolute atomic E-state index is 11.6. The molecule has 1 fully saturated rings. The minimum Gasteiger partial charge on any atom is -0.448 e. The van der Waals surface area contributed by atoms with E-state index in [-0.39, 0.29) is 12.8 Å². The summed E-state index contributed by atoms with van der Waals surface area (Å²) in [5.74, 6) is -2.67. The number of nitrogens with one attached hydrogen (secondary N) is 1. The summed E-state index contributed by atoms with van der Waals surface area (Å²) in [6, 6.07) is 0. The number of amides is 2. The summed E-state index contributed by atoms with van der Waals surface area (Å²) in [5.41, 5.74) is 0. The molecule has 118 valence electrons. The van der Waals surface area contributed by atoms with Crippen LogP contribution in [0.5, 0.6) is 0 Å². The van der Waals surface area contributed by atoms with Gasteiger partial charge in [-0.05, 0) is 12.8 Å². The van der Waals surface area contributed by atoms with Gasteiger partial charge in [0.2, 0.25) is 12.2 Å². The van der Waals surface area contributed by atoms with Crippen molar-refractivity contribution in [2.45, 2.75) is 64.6 Å². The average molecular weight is 299 g/mol. The Balaban J connectivity index is 2.61. The molecule has 21 heavy (non-hydrogen) atoms. The zero-order valence-electron chi connectivity index (χ0n) is 12.3. The molecule has 0 aromatic carbocycles. The largest absolute Gasteiger partial charge is 0.448 e. The second-order valence-corrected chi connectivity index (χ2v) is 4.88. The van der Waals surface area contributed by atoms with Crippen molar-refractivity contribution in [2.75, 3.05) is 0 Å². The minimum atomic E-state index is -1.38. The summed E-state index contributed by atoms with van der Waals surface area (Å²) >= 11 is 0. The number of rotatable bonds is 8. The predicted molar refractivity (Wildman–Crippen MR) is 72.0 cm³/mol. The number of esters is 2. The molecule has 1 aliphatic rings. The molecule has 0 radical (unpaired) electrons. The van der Waals surface area contributed by atoms with Crippen LogP contribution in [0.3, 0.4) is 0 Å². The summed E-state index contributed by atoms with van der Waals surface area (Å²) in [6.07, 6.45) is 0.417. The van der Waals surface area contributed by atoms with Crippen LogP contribution in [0.15, 0.2) is 0 Å². The lowest BCUT2D eigenvalue weighted by Crippen LogP contribution is -2.37. The first-order valence-electron chi connectivity index (χ1n) is 7.23. The molecule has 1 aliphatic heterocycles. The van der Waals surface area contributed by atoms with Gasteiger partial charge in [-0.3, -0.25) is 24.5 Å². The predicted octanol–water partition coefficient (Wildman–Crippen LogP) is 0.847. The highest BCUT2D eigenvalue weighted by Gasteiger charge is 2.47. The normalized spacial score (nSPS) is 21.0. The standard InChI is InChI=1S/C14H21NO6/c1-3-5-7-9(16)20-11-12(14(19)15-13(11)18)21-10(17)8-6-4-2/h11-12H,3-8H2,1-2H3,(H,15,18,19). The van der Waals surface area contributed by atoms with Gasteiger partial charge in [0.15, 0.2) is 0 Å². The first-order valence-corrected chi connectivity index (χ1v) is 7.23. The number of unbranched alkanes of at least 4 members (excludes halogenated alkanes) is 2. The van der Waals surface area contributed by atoms with Gasteiger partial charge in [-0.25, -0.2) is 0 Å². The van der Waals surface area contributed by atoms with Crippen molar-refractivity contribution in [1.82, 2.24) is 5.32 Å². The van der Waals surface area contributed by atoms with Crippen LogP contribution in [0.1, 0.15) is 52.4 Å². The fourth-order valence-corrected chi connectivity index (χ4v) is 1.81. The van der Waals surface area contributed by atoms with Gasteiger partial charge >= 0.3 is 11.9 Å². The Morgan fingerprint density at radius 2 is 1.29 bits per heavy atom. The molecule has 7 heteroatoms. The monoisotopic (exact) mass is 299 g/mol. The Morgan fingerprint density at radius 3 is 1.62 bits per heavy atom. The third-order valence-electron chi connectivity index (χ3n) is 3.02. The highest BCUT2D eigenvalue weighted by Crippen LogP contribution is 2.15. The quantitative estimate of drug-likeness (QED) is 0.527. The summed E-state index contributed by atoms with van der Waals surface area (Å²) in [4.78, 5) is 46.3. The number of carbonyl (C=O) groups is 4. The minimum absolute atomic E-state index is 0.158. The number of carbonyl (C=O) groups excluding carboxylic acids is 4. The van der Waals surface area contributed by atoms with Crippen LogP contribution in [0.25, 0.3) is 0 Å². The summed E-state index contributed by atoms with van der Waals surface area (Å²) < 4.78 is 9.93. The van der Waals surface area contributed by atoms with Crippen LogP contribution in [0.2, 0.25) is 0 Å². The van der Waals surface area contributed by atoms with Crippen LogP contribution >= 0.6 is 0 Å². The Labute approximate surface area is 123 Å². The molecule has 1 heterocycles. The Bertz CT molecular complexity index is 382. The molecule has 7 nitrogen and oxygen atoms in total. The van der Waals surface area contributed by atoms with Crippen molar-refractivity contribution >= 4 is 23.8 Å². The van der Waals surface area contributed by atoms with E-state index in [2.05, 4.69) is 0 Å². The van der Waals surface area contributed by atoms with Crippen LogP contribution in [0.4, 0.5) is 0 Å². The zero-order chi connectivity index (χ0) is 15.8. The van der Waals surface area contributed by atoms with E-state index < -0.39 is 36.0 Å². The van der Waals surface area contributed by atoms with E-state index in [0.717, 1.165) is 12.8 Å². The molecule has 0 spiro atoms. The molecule has 1 N–H and O–H groups in total. The summed E-state index contributed by atoms with van der Waals surface area (Å²) in [6.45, 7) is 3.83. The van der Waals surface area contributed by atoms with Gasteiger partial charge in [-0.1, -0.05) is 26.7 Å². The van der Waals surface area contributed by atoms with Crippen molar-refractivity contribution in [1.29, 1.82) is 0 Å². The van der Waals surface area contributed by atoms with Crippen LogP contribution in [-0.2, 0) is 28.7 Å². The molecule has 1 rings (SSSR count). The lowest BCUT2D eigenvalue weighted by Gasteiger charge is -2.16. The first kappa shape index (κ1) is 17.1. The summed E-state index contributed by atoms with van der Waals surface area (Å²) in [7, 11) is 0. The Kier molecular flexibility index (Phi) is 6.84. The topological polar surface area (TPSA) is 98.8 Å². The number of imide groups is 1. The number of hydrogen-bond donors (Lipinski definition) is 1. The Morgan fingerprint density at radius 1 is 0.905 bits per heavy atom. The number of hydrogen-bond acceptors (Lipinski definition) is 6. The van der Waals surface area contributed by atoms with E-state index in [1.807, 2.05) is 19.2 Å². The molecule has 2 atom stereocenters. The average Bonchev–Trinajstić information content (AvgIpc) is 2.69. The molecule has 2 amide bonds. The molecule has 0 aromatic rings. The second-order valence-electron chi connectivity index (χ2n) is 4.88. The highest BCUT2D eigenvalue weighted by molar-refractivity contribution is 6.09. The molecular weight excluding hydrogens is 278 g/mol. The van der Waals surface area contributed by atoms with E-state index in [1.54, 1.807) is 0 Å². The van der Waals surface area contributed by atoms with Gasteiger partial charge in [0, 0.05) is 12.8 Å². The van der Waals surface area contributed by atoms with Crippen LogP contribution in [0, 0.1) is 0 Å². The Hall–Kier alpha value is -1.92. The van der Waals surface area contributed by atoms with Gasteiger partial charge in [-0.2, -0.15) is 0 Å². The van der Waals surface area contributed by atoms with Crippen molar-refractivity contribution in [3.63, 3.8) is 0 Å². The smallest absolute Gasteiger partial charge is 0.306 e. The van der Waals surface area contributed by atoms with Crippen LogP contribution in [-0.4, -0.2) is 36.0 Å². The lowest BCUT2D eigenvalue weighted by atomic mass is 10.2. The summed E-state index contributed by atoms with van der Waals surface area (Å²) in [5, 5.41) is 2.01. The van der Waals surface area contributed by atoms with E-state index >= 15 is 0 Å². The molecule has 0 aliphatic carbocycles. The molecule has 0 saturated carbocycles. The van der Waals surface area contributed by atoms with Crippen molar-refractivity contribution in [3.8, 4) is 0 Å². The van der Waals surface area contributed by atoms with E-state index in [1.165, 1.54) is 0 Å². The van der Waals surface area contributed by atoms with E-state index in [0.29, 0.717) is 12.8 Å². The van der Waals surface area contributed by atoms with Gasteiger partial charge in [0.25, 0.3) is 11.8 Å². The maximum atomic E-state index is 11.6. The van der Waals surface area contributed by atoms with Crippen molar-refractivity contribution < 1.29 is 28.7 Å². The lowest BCUT2D eigenvalue weighted by molar-refractivity contribution is -0.169. The van der Waals surface area contributed by atoms with Gasteiger partial charge in [-0.15, -0.1) is 0 Å². The van der Waals surface area contributed by atoms with Crippen molar-refractivity contribution in [3.05, 3.63) is 0 Å². The number of ether oxygens (including phenoxy) is 2. The molecule has 2 unspecified atom stereocenters. The van der Waals surface area contributed by atoms with Gasteiger partial charge in [0.1, 0.15) is 0 Å². The SMILES string of the molecule is CCCCC(=O)OC1C(=O)NC(=O)C1OC(=O)CCCC. The zero-order valence-corrected chi connectivity index (χ0v) is 12.3. The highest BCUT2D eigenvalue weighted by atomic mass is 16.6. The third kappa shape index (κ3) is 5.17.